The molecule has 12 heavy (non-hydrogen) atoms. The molecule has 0 aliphatic rings. The highest BCUT2D eigenvalue weighted by Gasteiger charge is 1.92. The van der Waals surface area contributed by atoms with Crippen molar-refractivity contribution >= 4 is 0 Å². The topological polar surface area (TPSA) is 36.3 Å². The first-order chi connectivity index (χ1) is 5.83. The zero-order chi connectivity index (χ0) is 8.81. The summed E-state index contributed by atoms with van der Waals surface area (Å²) in [7, 11) is 1.65. The standard InChI is InChI=1S/C8H14N2O2/c1-8-5-9-10(6-8)7-12-4-3-11-2/h5-6H,3-4,7H2,1-2H3. The number of hydrogen-bond donors (Lipinski definition) is 0. The van der Waals surface area contributed by atoms with Gasteiger partial charge in [0.25, 0.3) is 0 Å². The second-order valence-electron chi connectivity index (χ2n) is 2.59. The minimum Gasteiger partial charge on any atom is -0.382 e. The molecule has 1 heterocycles. The third kappa shape index (κ3) is 3.02. The summed E-state index contributed by atoms with van der Waals surface area (Å²) in [6, 6.07) is 0. The Labute approximate surface area is 72.1 Å². The zero-order valence-electron chi connectivity index (χ0n) is 7.49. The van der Waals surface area contributed by atoms with Crippen LogP contribution >= 0.6 is 0 Å². The Morgan fingerprint density at radius 2 is 2.33 bits per heavy atom. The summed E-state index contributed by atoms with van der Waals surface area (Å²) in [5.74, 6) is 0. The van der Waals surface area contributed by atoms with Crippen LogP contribution in [0.4, 0.5) is 0 Å². The minimum absolute atomic E-state index is 0.497. The molecule has 0 amide bonds. The lowest BCUT2D eigenvalue weighted by atomic mass is 10.4. The fourth-order valence-electron chi connectivity index (χ4n) is 0.838. The summed E-state index contributed by atoms with van der Waals surface area (Å²) in [6.07, 6.45) is 3.74. The summed E-state index contributed by atoms with van der Waals surface area (Å²) in [6.45, 7) is 3.73. The molecule has 0 radical (unpaired) electrons. The molecule has 0 bridgehead atoms. The predicted octanol–water partition coefficient (Wildman–Crippen LogP) is 0.812. The maximum absolute atomic E-state index is 5.25. The number of hydrogen-bond acceptors (Lipinski definition) is 3. The van der Waals surface area contributed by atoms with Crippen LogP contribution in [0.15, 0.2) is 12.4 Å². The van der Waals surface area contributed by atoms with Crippen molar-refractivity contribution in [2.24, 2.45) is 0 Å². The molecule has 0 aliphatic heterocycles. The molecule has 1 rings (SSSR count). The number of aryl methyl sites for hydroxylation is 1. The molecule has 1 aromatic heterocycles. The van der Waals surface area contributed by atoms with E-state index in [-0.39, 0.29) is 0 Å². The largest absolute Gasteiger partial charge is 0.382 e. The Morgan fingerprint density at radius 1 is 1.50 bits per heavy atom. The highest BCUT2D eigenvalue weighted by molar-refractivity contribution is 4.98. The van der Waals surface area contributed by atoms with Gasteiger partial charge in [-0.15, -0.1) is 0 Å². The van der Waals surface area contributed by atoms with Gasteiger partial charge >= 0.3 is 0 Å². The van der Waals surface area contributed by atoms with Crippen LogP contribution in [0.25, 0.3) is 0 Å². The number of nitrogens with zero attached hydrogens (tertiary/aromatic N) is 2. The van der Waals surface area contributed by atoms with E-state index in [0.717, 1.165) is 5.56 Å². The van der Waals surface area contributed by atoms with Crippen molar-refractivity contribution in [1.29, 1.82) is 0 Å². The van der Waals surface area contributed by atoms with Crippen LogP contribution in [-0.4, -0.2) is 30.1 Å². The first-order valence-electron chi connectivity index (χ1n) is 3.88. The third-order valence-electron chi connectivity index (χ3n) is 1.42. The van der Waals surface area contributed by atoms with E-state index in [0.29, 0.717) is 19.9 Å². The van der Waals surface area contributed by atoms with E-state index in [4.69, 9.17) is 9.47 Å². The Balaban J connectivity index is 2.15. The quantitative estimate of drug-likeness (QED) is 0.613. The molecule has 1 aromatic rings. The van der Waals surface area contributed by atoms with Crippen molar-refractivity contribution in [2.75, 3.05) is 20.3 Å². The molecule has 68 valence electrons. The van der Waals surface area contributed by atoms with E-state index in [9.17, 15) is 0 Å². The Kier molecular flexibility index (Phi) is 3.76. The molecular weight excluding hydrogens is 156 g/mol. The van der Waals surface area contributed by atoms with Gasteiger partial charge in [-0.25, -0.2) is 4.68 Å². The van der Waals surface area contributed by atoms with Gasteiger partial charge in [0.15, 0.2) is 0 Å². The van der Waals surface area contributed by atoms with Crippen molar-refractivity contribution in [1.82, 2.24) is 9.78 Å². The molecule has 0 aliphatic carbocycles. The van der Waals surface area contributed by atoms with Crippen molar-refractivity contribution in [3.8, 4) is 0 Å². The van der Waals surface area contributed by atoms with Crippen LogP contribution in [0.2, 0.25) is 0 Å². The molecular formula is C8H14N2O2. The van der Waals surface area contributed by atoms with Crippen molar-refractivity contribution in [3.63, 3.8) is 0 Å². The number of aromatic nitrogens is 2. The Morgan fingerprint density at radius 3 is 2.92 bits per heavy atom. The molecule has 0 aromatic carbocycles. The van der Waals surface area contributed by atoms with Crippen LogP contribution in [0.5, 0.6) is 0 Å². The Hall–Kier alpha value is -0.870. The van der Waals surface area contributed by atoms with Gasteiger partial charge in [-0.1, -0.05) is 0 Å². The highest BCUT2D eigenvalue weighted by atomic mass is 16.5. The van der Waals surface area contributed by atoms with Gasteiger partial charge in [0.2, 0.25) is 0 Å². The lowest BCUT2D eigenvalue weighted by Gasteiger charge is -2.02. The smallest absolute Gasteiger partial charge is 0.139 e. The van der Waals surface area contributed by atoms with Crippen LogP contribution < -0.4 is 0 Å². The van der Waals surface area contributed by atoms with Crippen LogP contribution in [-0.2, 0) is 16.2 Å². The average Bonchev–Trinajstić information content (AvgIpc) is 2.45. The summed E-state index contributed by atoms with van der Waals surface area (Å²) in [5, 5.41) is 4.06. The van der Waals surface area contributed by atoms with Gasteiger partial charge < -0.3 is 9.47 Å². The SMILES string of the molecule is COCCOCn1cc(C)cn1. The van der Waals surface area contributed by atoms with Gasteiger partial charge in [0, 0.05) is 13.3 Å². The maximum Gasteiger partial charge on any atom is 0.139 e. The monoisotopic (exact) mass is 170 g/mol. The van der Waals surface area contributed by atoms with Crippen LogP contribution in [0, 0.1) is 6.92 Å². The van der Waals surface area contributed by atoms with E-state index >= 15 is 0 Å². The molecule has 0 saturated carbocycles. The molecule has 0 spiro atoms. The van der Waals surface area contributed by atoms with E-state index in [1.54, 1.807) is 18.0 Å². The fraction of sp³-hybridized carbons (Fsp3) is 0.625. The zero-order valence-corrected chi connectivity index (χ0v) is 7.49. The first-order valence-corrected chi connectivity index (χ1v) is 3.88. The highest BCUT2D eigenvalue weighted by Crippen LogP contribution is 1.93. The minimum atomic E-state index is 0.497. The summed E-state index contributed by atoms with van der Waals surface area (Å²) in [4.78, 5) is 0. The maximum atomic E-state index is 5.25. The third-order valence-corrected chi connectivity index (χ3v) is 1.42. The normalized spacial score (nSPS) is 10.5. The van der Waals surface area contributed by atoms with Crippen molar-refractivity contribution < 1.29 is 9.47 Å². The molecule has 0 N–H and O–H groups in total. The molecule has 0 saturated heterocycles. The van der Waals surface area contributed by atoms with Crippen molar-refractivity contribution in [2.45, 2.75) is 13.7 Å². The van der Waals surface area contributed by atoms with Crippen LogP contribution in [0.3, 0.4) is 0 Å². The molecule has 0 unspecified atom stereocenters. The molecule has 4 heteroatoms. The fourth-order valence-corrected chi connectivity index (χ4v) is 0.838. The van der Waals surface area contributed by atoms with E-state index in [1.807, 2.05) is 13.1 Å². The van der Waals surface area contributed by atoms with Crippen LogP contribution in [0.1, 0.15) is 5.56 Å². The molecule has 0 atom stereocenters. The Bertz CT molecular complexity index is 223. The van der Waals surface area contributed by atoms with Gasteiger partial charge in [-0.3, -0.25) is 0 Å². The molecule has 0 fully saturated rings. The second-order valence-corrected chi connectivity index (χ2v) is 2.59. The van der Waals surface area contributed by atoms with E-state index in [2.05, 4.69) is 5.10 Å². The van der Waals surface area contributed by atoms with E-state index in [1.165, 1.54) is 0 Å². The predicted molar refractivity (Wildman–Crippen MR) is 44.8 cm³/mol. The van der Waals surface area contributed by atoms with Crippen molar-refractivity contribution in [3.05, 3.63) is 18.0 Å². The summed E-state index contributed by atoms with van der Waals surface area (Å²) >= 11 is 0. The number of methoxy groups -OCH3 is 1. The molecule has 4 nitrogen and oxygen atoms in total. The lowest BCUT2D eigenvalue weighted by molar-refractivity contribution is 0.0288. The van der Waals surface area contributed by atoms with E-state index < -0.39 is 0 Å². The average molecular weight is 170 g/mol. The number of ether oxygens (including phenoxy) is 2. The summed E-state index contributed by atoms with van der Waals surface area (Å²) < 4.78 is 11.8. The summed E-state index contributed by atoms with van der Waals surface area (Å²) in [5.41, 5.74) is 1.14. The number of rotatable bonds is 5. The first kappa shape index (κ1) is 9.22. The van der Waals surface area contributed by atoms with Gasteiger partial charge in [-0.2, -0.15) is 5.10 Å². The van der Waals surface area contributed by atoms with Gasteiger partial charge in [0.05, 0.1) is 19.4 Å². The van der Waals surface area contributed by atoms with Gasteiger partial charge in [-0.05, 0) is 12.5 Å². The van der Waals surface area contributed by atoms with Gasteiger partial charge in [0.1, 0.15) is 6.73 Å². The lowest BCUT2D eigenvalue weighted by Crippen LogP contribution is -2.07. The second kappa shape index (κ2) is 4.90.